The molecule has 0 unspecified atom stereocenters. The van der Waals surface area contributed by atoms with Crippen LogP contribution in [0.15, 0.2) is 58.0 Å². The maximum atomic E-state index is 13.3. The van der Waals surface area contributed by atoms with Crippen LogP contribution < -0.4 is 0 Å². The summed E-state index contributed by atoms with van der Waals surface area (Å²) in [5.74, 6) is 0.393. The third kappa shape index (κ3) is 5.50. The van der Waals surface area contributed by atoms with Gasteiger partial charge < -0.3 is 14.1 Å². The van der Waals surface area contributed by atoms with E-state index in [0.717, 1.165) is 12.8 Å². The van der Waals surface area contributed by atoms with Gasteiger partial charge in [-0.2, -0.15) is 4.31 Å². The zero-order valence-electron chi connectivity index (χ0n) is 17.6. The minimum absolute atomic E-state index is 0.0355. The van der Waals surface area contributed by atoms with Crippen molar-refractivity contribution in [2.75, 3.05) is 19.7 Å². The van der Waals surface area contributed by atoms with Crippen LogP contribution in [-0.2, 0) is 26.1 Å². The van der Waals surface area contributed by atoms with Gasteiger partial charge in [-0.15, -0.1) is 0 Å². The number of sulfonamides is 1. The number of carbonyl (C=O) groups excluding carboxylic acids is 1. The highest BCUT2D eigenvalue weighted by Gasteiger charge is 2.32. The molecule has 0 saturated carbocycles. The SMILES string of the molecule is CC[C@H](C)N(CC(=O)N(Cc1ccco1)C[C@H]1CCCO1)S(=O)(=O)c1ccccc1. The van der Waals surface area contributed by atoms with Crippen LogP contribution in [-0.4, -0.2) is 55.4 Å². The number of amides is 1. The summed E-state index contributed by atoms with van der Waals surface area (Å²) < 4.78 is 39.0. The van der Waals surface area contributed by atoms with Crippen LogP contribution in [0, 0.1) is 0 Å². The van der Waals surface area contributed by atoms with Crippen LogP contribution >= 0.6 is 0 Å². The van der Waals surface area contributed by atoms with E-state index in [0.29, 0.717) is 25.3 Å². The highest BCUT2D eigenvalue weighted by Crippen LogP contribution is 2.21. The topological polar surface area (TPSA) is 80.1 Å². The molecular weight excluding hydrogens is 404 g/mol. The monoisotopic (exact) mass is 434 g/mol. The summed E-state index contributed by atoms with van der Waals surface area (Å²) >= 11 is 0. The van der Waals surface area contributed by atoms with Gasteiger partial charge in [-0.25, -0.2) is 8.42 Å². The van der Waals surface area contributed by atoms with Crippen molar-refractivity contribution in [1.29, 1.82) is 0 Å². The van der Waals surface area contributed by atoms with Crippen LogP contribution in [0.3, 0.4) is 0 Å². The second-order valence-corrected chi connectivity index (χ2v) is 9.50. The lowest BCUT2D eigenvalue weighted by molar-refractivity contribution is -0.134. The Balaban J connectivity index is 1.82. The van der Waals surface area contributed by atoms with Crippen molar-refractivity contribution in [2.45, 2.75) is 56.7 Å². The molecule has 1 aromatic heterocycles. The van der Waals surface area contributed by atoms with E-state index < -0.39 is 10.0 Å². The highest BCUT2D eigenvalue weighted by atomic mass is 32.2. The minimum Gasteiger partial charge on any atom is -0.467 e. The molecule has 2 heterocycles. The van der Waals surface area contributed by atoms with Gasteiger partial charge in [-0.1, -0.05) is 25.1 Å². The summed E-state index contributed by atoms with van der Waals surface area (Å²) in [5, 5.41) is 0. The van der Waals surface area contributed by atoms with E-state index in [1.807, 2.05) is 19.9 Å². The van der Waals surface area contributed by atoms with Gasteiger partial charge in [0.05, 0.1) is 30.4 Å². The van der Waals surface area contributed by atoms with E-state index >= 15 is 0 Å². The Morgan fingerprint density at radius 3 is 2.57 bits per heavy atom. The first-order valence-corrected chi connectivity index (χ1v) is 11.8. The van der Waals surface area contributed by atoms with Gasteiger partial charge in [0.15, 0.2) is 0 Å². The number of carbonyl (C=O) groups is 1. The highest BCUT2D eigenvalue weighted by molar-refractivity contribution is 7.89. The van der Waals surface area contributed by atoms with Gasteiger partial charge in [-0.3, -0.25) is 4.79 Å². The first-order valence-electron chi connectivity index (χ1n) is 10.4. The number of nitrogens with zero attached hydrogens (tertiary/aromatic N) is 2. The maximum Gasteiger partial charge on any atom is 0.243 e. The lowest BCUT2D eigenvalue weighted by Gasteiger charge is -2.31. The molecule has 1 aliphatic rings. The quantitative estimate of drug-likeness (QED) is 0.573. The third-order valence-corrected chi connectivity index (χ3v) is 7.43. The minimum atomic E-state index is -3.80. The van der Waals surface area contributed by atoms with E-state index in [9.17, 15) is 13.2 Å². The standard InChI is InChI=1S/C22H30N2O5S/c1-3-18(2)24(30(26,27)21-11-5-4-6-12-21)17-22(25)23(15-19-9-7-13-28-19)16-20-10-8-14-29-20/h4-7,9,11-13,18,20H,3,8,10,14-17H2,1-2H3/t18-,20+/m0/s1. The number of hydrogen-bond donors (Lipinski definition) is 0. The van der Waals surface area contributed by atoms with Gasteiger partial charge in [0.2, 0.25) is 15.9 Å². The molecule has 1 fully saturated rings. The normalized spacial score (nSPS) is 17.9. The second-order valence-electron chi connectivity index (χ2n) is 7.61. The molecule has 0 bridgehead atoms. The number of rotatable bonds is 10. The molecule has 2 aromatic rings. The molecule has 8 heteroatoms. The second kappa shape index (κ2) is 10.2. The molecule has 1 saturated heterocycles. The van der Waals surface area contributed by atoms with Gasteiger partial charge >= 0.3 is 0 Å². The molecule has 3 rings (SSSR count). The van der Waals surface area contributed by atoms with Crippen molar-refractivity contribution in [3.8, 4) is 0 Å². The molecule has 30 heavy (non-hydrogen) atoms. The fourth-order valence-electron chi connectivity index (χ4n) is 3.52. The summed E-state index contributed by atoms with van der Waals surface area (Å²) in [7, 11) is -3.80. The first-order chi connectivity index (χ1) is 14.4. The number of furan rings is 1. The van der Waals surface area contributed by atoms with E-state index in [2.05, 4.69) is 0 Å². The van der Waals surface area contributed by atoms with Crippen molar-refractivity contribution in [3.63, 3.8) is 0 Å². The summed E-state index contributed by atoms with van der Waals surface area (Å²) in [4.78, 5) is 15.1. The molecule has 1 aromatic carbocycles. The van der Waals surface area contributed by atoms with Crippen molar-refractivity contribution < 1.29 is 22.4 Å². The molecule has 1 aliphatic heterocycles. The van der Waals surface area contributed by atoms with E-state index in [1.165, 1.54) is 4.31 Å². The molecule has 164 valence electrons. The predicted octanol–water partition coefficient (Wildman–Crippen LogP) is 3.28. The van der Waals surface area contributed by atoms with E-state index in [4.69, 9.17) is 9.15 Å². The van der Waals surface area contributed by atoms with Crippen molar-refractivity contribution in [3.05, 3.63) is 54.5 Å². The molecular formula is C22H30N2O5S. The van der Waals surface area contributed by atoms with Crippen LogP contribution in [0.2, 0.25) is 0 Å². The van der Waals surface area contributed by atoms with Gasteiger partial charge in [0.1, 0.15) is 5.76 Å². The Kier molecular flexibility index (Phi) is 7.69. The predicted molar refractivity (Wildman–Crippen MR) is 113 cm³/mol. The van der Waals surface area contributed by atoms with Crippen LogP contribution in [0.25, 0.3) is 0 Å². The Labute approximate surface area is 178 Å². The lowest BCUT2D eigenvalue weighted by Crippen LogP contribution is -2.47. The Bertz CT molecular complexity index is 893. The van der Waals surface area contributed by atoms with Crippen molar-refractivity contribution in [2.24, 2.45) is 0 Å². The van der Waals surface area contributed by atoms with Crippen LogP contribution in [0.5, 0.6) is 0 Å². The molecule has 1 amide bonds. The molecule has 0 N–H and O–H groups in total. The molecule has 0 aliphatic carbocycles. The van der Waals surface area contributed by atoms with E-state index in [-0.39, 0.29) is 36.0 Å². The number of hydrogen-bond acceptors (Lipinski definition) is 5. The number of ether oxygens (including phenoxy) is 1. The fraction of sp³-hybridized carbons (Fsp3) is 0.500. The fourth-order valence-corrected chi connectivity index (χ4v) is 5.20. The first kappa shape index (κ1) is 22.5. The summed E-state index contributed by atoms with van der Waals surface area (Å²) in [6, 6.07) is 11.5. The molecule has 0 spiro atoms. The Hall–Kier alpha value is -2.16. The molecule has 0 radical (unpaired) electrons. The molecule has 7 nitrogen and oxygen atoms in total. The summed E-state index contributed by atoms with van der Waals surface area (Å²) in [6.07, 6.45) is 3.99. The average Bonchev–Trinajstić information content (AvgIpc) is 3.45. The summed E-state index contributed by atoms with van der Waals surface area (Å²) in [6.45, 7) is 4.90. The third-order valence-electron chi connectivity index (χ3n) is 5.45. The van der Waals surface area contributed by atoms with Gasteiger partial charge in [0, 0.05) is 19.2 Å². The Morgan fingerprint density at radius 1 is 1.20 bits per heavy atom. The summed E-state index contributed by atoms with van der Waals surface area (Å²) in [5.41, 5.74) is 0. The zero-order chi connectivity index (χ0) is 21.6. The largest absolute Gasteiger partial charge is 0.467 e. The van der Waals surface area contributed by atoms with Crippen molar-refractivity contribution >= 4 is 15.9 Å². The van der Waals surface area contributed by atoms with Gasteiger partial charge in [0.25, 0.3) is 0 Å². The van der Waals surface area contributed by atoms with Gasteiger partial charge in [-0.05, 0) is 50.5 Å². The number of benzene rings is 1. The maximum absolute atomic E-state index is 13.3. The van der Waals surface area contributed by atoms with Crippen LogP contribution in [0.1, 0.15) is 38.9 Å². The average molecular weight is 435 g/mol. The smallest absolute Gasteiger partial charge is 0.243 e. The lowest BCUT2D eigenvalue weighted by atomic mass is 10.2. The van der Waals surface area contributed by atoms with E-state index in [1.54, 1.807) is 47.6 Å². The van der Waals surface area contributed by atoms with Crippen LogP contribution in [0.4, 0.5) is 0 Å². The Morgan fingerprint density at radius 2 is 1.97 bits per heavy atom. The molecule has 2 atom stereocenters. The van der Waals surface area contributed by atoms with Crippen molar-refractivity contribution in [1.82, 2.24) is 9.21 Å². The zero-order valence-corrected chi connectivity index (χ0v) is 18.4.